The number of aliphatic hydroxyl groups is 1. The van der Waals surface area contributed by atoms with Crippen LogP contribution in [0.1, 0.15) is 73.1 Å². The van der Waals surface area contributed by atoms with E-state index in [1.54, 1.807) is 25.2 Å². The highest BCUT2D eigenvalue weighted by atomic mass is 32.1. The number of rotatable bonds is 5. The van der Waals surface area contributed by atoms with Crippen LogP contribution in [0.3, 0.4) is 0 Å². The van der Waals surface area contributed by atoms with Gasteiger partial charge < -0.3 is 5.11 Å². The summed E-state index contributed by atoms with van der Waals surface area (Å²) in [5.41, 5.74) is 4.19. The van der Waals surface area contributed by atoms with Crippen LogP contribution >= 0.6 is 11.3 Å². The lowest BCUT2D eigenvalue weighted by Crippen LogP contribution is -2.22. The third-order valence-electron chi connectivity index (χ3n) is 4.47. The van der Waals surface area contributed by atoms with Crippen LogP contribution in [0.2, 0.25) is 0 Å². The Morgan fingerprint density at radius 3 is 2.65 bits per heavy atom. The summed E-state index contributed by atoms with van der Waals surface area (Å²) >= 11 is 1.76. The first-order chi connectivity index (χ1) is 10.8. The van der Waals surface area contributed by atoms with Gasteiger partial charge in [0, 0.05) is 27.2 Å². The largest absolute Gasteiger partial charge is 0.390 e. The number of fused-ring (bicyclic) bond motifs is 1. The summed E-state index contributed by atoms with van der Waals surface area (Å²) in [5.74, 6) is 0.150. The molecule has 23 heavy (non-hydrogen) atoms. The summed E-state index contributed by atoms with van der Waals surface area (Å²) in [4.78, 5) is 19.1. The van der Waals surface area contributed by atoms with Gasteiger partial charge in [-0.25, -0.2) is 0 Å². The molecule has 0 bridgehead atoms. The molecule has 0 amide bonds. The predicted molar refractivity (Wildman–Crippen MR) is 98.6 cm³/mol. The molecule has 4 heteroatoms. The fraction of sp³-hybridized carbons (Fsp3) is 0.579. The monoisotopic (exact) mass is 333 g/mol. The maximum atomic E-state index is 12.3. The molecule has 0 saturated heterocycles. The van der Waals surface area contributed by atoms with Gasteiger partial charge in [0.1, 0.15) is 0 Å². The molecule has 1 heterocycles. The Balaban J connectivity index is 2.55. The minimum atomic E-state index is -0.0395. The molecule has 0 spiro atoms. The number of carbonyl (C=O) groups is 1. The molecule has 1 aromatic rings. The lowest BCUT2D eigenvalue weighted by Gasteiger charge is -2.29. The molecule has 0 aromatic carbocycles. The van der Waals surface area contributed by atoms with Gasteiger partial charge in [-0.15, -0.1) is 11.3 Å². The van der Waals surface area contributed by atoms with Crippen LogP contribution in [0, 0.1) is 5.41 Å². The van der Waals surface area contributed by atoms with Crippen molar-refractivity contribution in [3.05, 3.63) is 27.1 Å². The van der Waals surface area contributed by atoms with Crippen LogP contribution in [-0.4, -0.2) is 23.2 Å². The van der Waals surface area contributed by atoms with Crippen LogP contribution in [0.5, 0.6) is 0 Å². The maximum Gasteiger partial charge on any atom is 0.161 e. The van der Waals surface area contributed by atoms with Gasteiger partial charge in [0.05, 0.1) is 6.61 Å². The van der Waals surface area contributed by atoms with E-state index in [4.69, 9.17) is 5.11 Å². The molecule has 1 aromatic heterocycles. The fourth-order valence-electron chi connectivity index (χ4n) is 3.06. The smallest absolute Gasteiger partial charge is 0.161 e. The van der Waals surface area contributed by atoms with Gasteiger partial charge in [0.25, 0.3) is 0 Å². The highest BCUT2D eigenvalue weighted by Crippen LogP contribution is 2.44. The third kappa shape index (κ3) is 3.99. The maximum absolute atomic E-state index is 12.3. The Kier molecular flexibility index (Phi) is 5.58. The molecule has 0 saturated carbocycles. The third-order valence-corrected chi connectivity index (χ3v) is 5.84. The highest BCUT2D eigenvalue weighted by Gasteiger charge is 2.32. The lowest BCUT2D eigenvalue weighted by atomic mass is 9.75. The number of nitrogens with zero attached hydrogens (tertiary/aromatic N) is 1. The fourth-order valence-corrected chi connectivity index (χ4v) is 4.50. The van der Waals surface area contributed by atoms with Gasteiger partial charge in [0.2, 0.25) is 0 Å². The molecule has 0 aliphatic heterocycles. The minimum Gasteiger partial charge on any atom is -0.390 e. The summed E-state index contributed by atoms with van der Waals surface area (Å²) in [5, 5.41) is 9.11. The summed E-state index contributed by atoms with van der Waals surface area (Å²) in [6.07, 6.45) is 5.85. The van der Waals surface area contributed by atoms with E-state index < -0.39 is 0 Å². The SMILES string of the molecule is CC/C(=C\N=C(/C)CO)c1sc2c(c1C(C)=O)CC(C)(C)CC2. The molecule has 0 fully saturated rings. The van der Waals surface area contributed by atoms with Gasteiger partial charge >= 0.3 is 0 Å². The zero-order valence-electron chi connectivity index (χ0n) is 14.8. The quantitative estimate of drug-likeness (QED) is 0.629. The Hall–Kier alpha value is -1.26. The number of aliphatic imine (C=N–C) groups is 1. The summed E-state index contributed by atoms with van der Waals surface area (Å²) in [6, 6.07) is 0. The second-order valence-electron chi connectivity index (χ2n) is 7.14. The van der Waals surface area contributed by atoms with Crippen molar-refractivity contribution in [2.75, 3.05) is 6.61 Å². The van der Waals surface area contributed by atoms with Crippen LogP contribution in [0.15, 0.2) is 11.2 Å². The lowest BCUT2D eigenvalue weighted by molar-refractivity contribution is 0.101. The zero-order chi connectivity index (χ0) is 17.2. The minimum absolute atomic E-state index is 0.0395. The van der Waals surface area contributed by atoms with Crippen molar-refractivity contribution in [3.63, 3.8) is 0 Å². The van der Waals surface area contributed by atoms with Crippen molar-refractivity contribution >= 4 is 28.4 Å². The molecule has 2 rings (SSSR count). The van der Waals surface area contributed by atoms with Gasteiger partial charge in [0.15, 0.2) is 5.78 Å². The van der Waals surface area contributed by atoms with E-state index in [9.17, 15) is 4.79 Å². The van der Waals surface area contributed by atoms with E-state index in [-0.39, 0.29) is 17.8 Å². The summed E-state index contributed by atoms with van der Waals surface area (Å²) in [7, 11) is 0. The Bertz CT molecular complexity index is 665. The van der Waals surface area contributed by atoms with Crippen molar-refractivity contribution < 1.29 is 9.90 Å². The van der Waals surface area contributed by atoms with Crippen LogP contribution in [0.4, 0.5) is 0 Å². The van der Waals surface area contributed by atoms with E-state index in [1.807, 2.05) is 6.20 Å². The number of hydrogen-bond donors (Lipinski definition) is 1. The summed E-state index contributed by atoms with van der Waals surface area (Å²) in [6.45, 7) is 10.1. The predicted octanol–water partition coefficient (Wildman–Crippen LogP) is 4.67. The van der Waals surface area contributed by atoms with E-state index in [2.05, 4.69) is 25.8 Å². The van der Waals surface area contributed by atoms with Crippen molar-refractivity contribution in [2.24, 2.45) is 10.4 Å². The van der Waals surface area contributed by atoms with Gasteiger partial charge in [-0.1, -0.05) is 20.8 Å². The van der Waals surface area contributed by atoms with Crippen molar-refractivity contribution in [2.45, 2.75) is 60.3 Å². The molecule has 1 aliphatic carbocycles. The number of aryl methyl sites for hydroxylation is 1. The number of allylic oxidation sites excluding steroid dienone is 1. The average Bonchev–Trinajstić information content (AvgIpc) is 2.84. The first kappa shape index (κ1) is 18.1. The average molecular weight is 333 g/mol. The van der Waals surface area contributed by atoms with Crippen LogP contribution in [-0.2, 0) is 12.8 Å². The molecule has 126 valence electrons. The van der Waals surface area contributed by atoms with E-state index in [0.29, 0.717) is 5.71 Å². The first-order valence-electron chi connectivity index (χ1n) is 8.28. The van der Waals surface area contributed by atoms with Gasteiger partial charge in [-0.2, -0.15) is 0 Å². The molecule has 0 unspecified atom stereocenters. The summed E-state index contributed by atoms with van der Waals surface area (Å²) < 4.78 is 0. The standard InChI is InChI=1S/C19H27NO2S/c1-6-14(10-20-12(2)11-21)18-17(13(3)22)15-9-19(4,5)8-7-16(15)23-18/h10,21H,6-9,11H2,1-5H3/b14-10+,20-12+. The number of hydrogen-bond acceptors (Lipinski definition) is 4. The van der Waals surface area contributed by atoms with Crippen LogP contribution in [0.25, 0.3) is 5.57 Å². The van der Waals surface area contributed by atoms with E-state index in [1.165, 1.54) is 16.9 Å². The van der Waals surface area contributed by atoms with Gasteiger partial charge in [-0.3, -0.25) is 9.79 Å². The number of Topliss-reactive ketones (excluding diaryl/α,β-unsaturated/α-hetero) is 1. The molecular formula is C19H27NO2S. The number of thiophene rings is 1. The van der Waals surface area contributed by atoms with Gasteiger partial charge in [-0.05, 0) is 56.1 Å². The van der Waals surface area contributed by atoms with Crippen LogP contribution < -0.4 is 0 Å². The molecule has 1 N–H and O–H groups in total. The van der Waals surface area contributed by atoms with E-state index in [0.717, 1.165) is 35.3 Å². The first-order valence-corrected chi connectivity index (χ1v) is 9.09. The normalized spacial score (nSPS) is 18.0. The number of aliphatic hydroxyl groups excluding tert-OH is 1. The molecule has 3 nitrogen and oxygen atoms in total. The van der Waals surface area contributed by atoms with Crippen molar-refractivity contribution in [1.82, 2.24) is 0 Å². The number of ketones is 1. The topological polar surface area (TPSA) is 49.7 Å². The molecule has 0 atom stereocenters. The van der Waals surface area contributed by atoms with Crippen molar-refractivity contribution in [1.29, 1.82) is 0 Å². The van der Waals surface area contributed by atoms with Crippen molar-refractivity contribution in [3.8, 4) is 0 Å². The highest BCUT2D eigenvalue weighted by molar-refractivity contribution is 7.13. The molecular weight excluding hydrogens is 306 g/mol. The second kappa shape index (κ2) is 7.10. The molecule has 1 aliphatic rings. The zero-order valence-corrected chi connectivity index (χ0v) is 15.6. The second-order valence-corrected chi connectivity index (χ2v) is 8.24. The Morgan fingerprint density at radius 1 is 1.39 bits per heavy atom. The molecule has 0 radical (unpaired) electrons. The Morgan fingerprint density at radius 2 is 2.09 bits per heavy atom. The van der Waals surface area contributed by atoms with E-state index >= 15 is 0 Å². The Labute approximate surface area is 143 Å². The number of carbonyl (C=O) groups excluding carboxylic acids is 1.